The highest BCUT2D eigenvalue weighted by molar-refractivity contribution is 5.25. The van der Waals surface area contributed by atoms with Crippen LogP contribution in [0.4, 0.5) is 0 Å². The fraction of sp³-hybridized carbons (Fsp3) is 0.500. The number of hydrogen-bond acceptors (Lipinski definition) is 3. The van der Waals surface area contributed by atoms with E-state index in [2.05, 4.69) is 42.5 Å². The normalized spacial score (nSPS) is 18.3. The Morgan fingerprint density at radius 2 is 1.78 bits per heavy atom. The number of aliphatic hydroxyl groups is 1. The molecule has 0 aliphatic carbocycles. The second kappa shape index (κ2) is 11.2. The lowest BCUT2D eigenvalue weighted by Gasteiger charge is -2.22. The van der Waals surface area contributed by atoms with E-state index in [0.29, 0.717) is 0 Å². The largest absolute Gasteiger partial charge is 0.388 e. The number of benzene rings is 2. The molecule has 3 nitrogen and oxygen atoms in total. The van der Waals surface area contributed by atoms with Gasteiger partial charge in [0.1, 0.15) is 0 Å². The van der Waals surface area contributed by atoms with Crippen LogP contribution in [-0.4, -0.2) is 24.6 Å². The highest BCUT2D eigenvalue weighted by Crippen LogP contribution is 2.21. The van der Waals surface area contributed by atoms with Gasteiger partial charge in [-0.15, -0.1) is 0 Å². The first-order valence-electron chi connectivity index (χ1n) is 10.4. The Balaban J connectivity index is 1.38. The third-order valence-corrected chi connectivity index (χ3v) is 5.17. The highest BCUT2D eigenvalue weighted by Gasteiger charge is 2.13. The standard InChI is InChI=1S/C24H32O3/c25-23(15-7-11-20-9-2-1-3-10-20)22-14-6-12-21(19-22)13-8-18-27-24-16-4-5-17-26-24/h1-3,6,9-10,12,14,19,23-25H,4-5,7-8,11,13,15-18H2. The zero-order valence-electron chi connectivity index (χ0n) is 16.2. The van der Waals surface area contributed by atoms with Gasteiger partial charge in [0.25, 0.3) is 0 Å². The summed E-state index contributed by atoms with van der Waals surface area (Å²) in [5.74, 6) is 0. The molecule has 2 aromatic rings. The summed E-state index contributed by atoms with van der Waals surface area (Å²) in [5, 5.41) is 10.5. The van der Waals surface area contributed by atoms with Crippen molar-refractivity contribution in [3.05, 3.63) is 71.3 Å². The molecular formula is C24H32O3. The van der Waals surface area contributed by atoms with Crippen molar-refractivity contribution < 1.29 is 14.6 Å². The van der Waals surface area contributed by atoms with Crippen molar-refractivity contribution in [2.24, 2.45) is 0 Å². The number of aliphatic hydroxyl groups excluding tert-OH is 1. The fourth-order valence-corrected chi connectivity index (χ4v) is 3.60. The number of rotatable bonds is 10. The second-order valence-corrected chi connectivity index (χ2v) is 7.41. The van der Waals surface area contributed by atoms with Gasteiger partial charge in [-0.3, -0.25) is 0 Å². The van der Waals surface area contributed by atoms with Crippen LogP contribution in [0.3, 0.4) is 0 Å². The van der Waals surface area contributed by atoms with E-state index < -0.39 is 0 Å². The Morgan fingerprint density at radius 3 is 2.59 bits per heavy atom. The van der Waals surface area contributed by atoms with E-state index in [1.165, 1.54) is 17.5 Å². The van der Waals surface area contributed by atoms with Gasteiger partial charge < -0.3 is 14.6 Å². The lowest BCUT2D eigenvalue weighted by molar-refractivity contribution is -0.162. The molecule has 0 spiro atoms. The van der Waals surface area contributed by atoms with E-state index >= 15 is 0 Å². The zero-order chi connectivity index (χ0) is 18.7. The van der Waals surface area contributed by atoms with Crippen LogP contribution in [0.2, 0.25) is 0 Å². The van der Waals surface area contributed by atoms with Crippen LogP contribution in [0.25, 0.3) is 0 Å². The summed E-state index contributed by atoms with van der Waals surface area (Å²) in [7, 11) is 0. The minimum absolute atomic E-state index is 0.00322. The minimum Gasteiger partial charge on any atom is -0.388 e. The molecule has 1 N–H and O–H groups in total. The molecule has 0 saturated carbocycles. The van der Waals surface area contributed by atoms with Crippen LogP contribution in [-0.2, 0) is 22.3 Å². The second-order valence-electron chi connectivity index (χ2n) is 7.41. The minimum atomic E-state index is -0.388. The SMILES string of the molecule is OC(CCCc1ccccc1)c1cccc(CCCOC2CCCCO2)c1. The predicted octanol–water partition coefficient (Wildman–Crippen LogP) is 5.22. The van der Waals surface area contributed by atoms with Gasteiger partial charge in [0.05, 0.1) is 12.7 Å². The molecule has 2 atom stereocenters. The maximum atomic E-state index is 10.5. The van der Waals surface area contributed by atoms with Gasteiger partial charge in [-0.25, -0.2) is 0 Å². The summed E-state index contributed by atoms with van der Waals surface area (Å²) >= 11 is 0. The third-order valence-electron chi connectivity index (χ3n) is 5.17. The van der Waals surface area contributed by atoms with Gasteiger partial charge in [0.15, 0.2) is 6.29 Å². The molecule has 3 rings (SSSR count). The van der Waals surface area contributed by atoms with Crippen LogP contribution >= 0.6 is 0 Å². The Kier molecular flexibility index (Phi) is 8.34. The molecule has 0 amide bonds. The summed E-state index contributed by atoms with van der Waals surface area (Å²) in [6.45, 7) is 1.56. The van der Waals surface area contributed by atoms with Crippen LogP contribution in [0.15, 0.2) is 54.6 Å². The Bertz CT molecular complexity index is 650. The fourth-order valence-electron chi connectivity index (χ4n) is 3.60. The summed E-state index contributed by atoms with van der Waals surface area (Å²) in [6.07, 6.45) is 7.73. The first-order chi connectivity index (χ1) is 13.3. The van der Waals surface area contributed by atoms with Crippen molar-refractivity contribution in [2.75, 3.05) is 13.2 Å². The van der Waals surface area contributed by atoms with Crippen molar-refractivity contribution in [2.45, 2.75) is 63.8 Å². The van der Waals surface area contributed by atoms with E-state index in [1.54, 1.807) is 0 Å². The molecule has 0 aromatic heterocycles. The predicted molar refractivity (Wildman–Crippen MR) is 109 cm³/mol. The maximum Gasteiger partial charge on any atom is 0.157 e. The molecule has 1 aliphatic rings. The lowest BCUT2D eigenvalue weighted by Crippen LogP contribution is -2.22. The van der Waals surface area contributed by atoms with Gasteiger partial charge in [-0.2, -0.15) is 0 Å². The van der Waals surface area contributed by atoms with Crippen molar-refractivity contribution in [1.29, 1.82) is 0 Å². The molecule has 3 heteroatoms. The van der Waals surface area contributed by atoms with Crippen molar-refractivity contribution in [3.63, 3.8) is 0 Å². The first-order valence-corrected chi connectivity index (χ1v) is 10.4. The Hall–Kier alpha value is -1.68. The van der Waals surface area contributed by atoms with Crippen LogP contribution in [0.1, 0.15) is 61.3 Å². The molecule has 2 unspecified atom stereocenters. The molecule has 2 aromatic carbocycles. The molecule has 0 bridgehead atoms. The highest BCUT2D eigenvalue weighted by atomic mass is 16.7. The van der Waals surface area contributed by atoms with Gasteiger partial charge >= 0.3 is 0 Å². The quantitative estimate of drug-likeness (QED) is 0.585. The molecule has 146 valence electrons. The van der Waals surface area contributed by atoms with Gasteiger partial charge in [-0.05, 0) is 68.1 Å². The Morgan fingerprint density at radius 1 is 0.963 bits per heavy atom. The molecular weight excluding hydrogens is 336 g/mol. The van der Waals surface area contributed by atoms with Crippen molar-refractivity contribution in [3.8, 4) is 0 Å². The van der Waals surface area contributed by atoms with E-state index in [4.69, 9.17) is 9.47 Å². The van der Waals surface area contributed by atoms with Crippen LogP contribution < -0.4 is 0 Å². The van der Waals surface area contributed by atoms with Crippen molar-refractivity contribution >= 4 is 0 Å². The zero-order valence-corrected chi connectivity index (χ0v) is 16.2. The summed E-state index contributed by atoms with van der Waals surface area (Å²) in [5.41, 5.74) is 3.63. The molecule has 1 heterocycles. The third kappa shape index (κ3) is 7.10. The van der Waals surface area contributed by atoms with E-state index in [9.17, 15) is 5.11 Å². The molecule has 27 heavy (non-hydrogen) atoms. The molecule has 0 radical (unpaired) electrons. The van der Waals surface area contributed by atoms with Crippen LogP contribution in [0, 0.1) is 0 Å². The van der Waals surface area contributed by atoms with E-state index in [1.807, 2.05) is 12.1 Å². The smallest absolute Gasteiger partial charge is 0.157 e. The molecule has 1 aliphatic heterocycles. The number of ether oxygens (including phenoxy) is 2. The molecule has 1 fully saturated rings. The number of hydrogen-bond donors (Lipinski definition) is 1. The van der Waals surface area contributed by atoms with Gasteiger partial charge in [-0.1, -0.05) is 54.6 Å². The monoisotopic (exact) mass is 368 g/mol. The summed E-state index contributed by atoms with van der Waals surface area (Å²) in [4.78, 5) is 0. The maximum absolute atomic E-state index is 10.5. The lowest BCUT2D eigenvalue weighted by atomic mass is 9.98. The van der Waals surface area contributed by atoms with Crippen molar-refractivity contribution in [1.82, 2.24) is 0 Å². The van der Waals surface area contributed by atoms with Gasteiger partial charge in [0, 0.05) is 6.61 Å². The Labute approximate surface area is 163 Å². The average Bonchev–Trinajstić information content (AvgIpc) is 2.73. The van der Waals surface area contributed by atoms with Gasteiger partial charge in [0.2, 0.25) is 0 Å². The molecule has 1 saturated heterocycles. The summed E-state index contributed by atoms with van der Waals surface area (Å²) < 4.78 is 11.4. The average molecular weight is 369 g/mol. The van der Waals surface area contributed by atoms with Crippen LogP contribution in [0.5, 0.6) is 0 Å². The van der Waals surface area contributed by atoms with E-state index in [-0.39, 0.29) is 12.4 Å². The van der Waals surface area contributed by atoms with E-state index in [0.717, 1.165) is 63.7 Å². The topological polar surface area (TPSA) is 38.7 Å². The number of aryl methyl sites for hydroxylation is 2. The summed E-state index contributed by atoms with van der Waals surface area (Å²) in [6, 6.07) is 18.8. The first kappa shape index (κ1) is 20.1.